The number of benzene rings is 5. The summed E-state index contributed by atoms with van der Waals surface area (Å²) in [5.74, 6) is 1.61. The Bertz CT molecular complexity index is 1710. The predicted molar refractivity (Wildman–Crippen MR) is 158 cm³/mol. The first-order valence-electron chi connectivity index (χ1n) is 12.9. The number of hydrogen-bond acceptors (Lipinski definition) is 4. The molecule has 186 valence electrons. The van der Waals surface area contributed by atoms with Gasteiger partial charge in [0.2, 0.25) is 0 Å². The molecule has 1 aliphatic heterocycles. The van der Waals surface area contributed by atoms with Crippen molar-refractivity contribution in [2.45, 2.75) is 6.17 Å². The van der Waals surface area contributed by atoms with Crippen LogP contribution >= 0.6 is 0 Å². The summed E-state index contributed by atoms with van der Waals surface area (Å²) in [6.45, 7) is 0. The molecule has 0 aromatic heterocycles. The van der Waals surface area contributed by atoms with E-state index < -0.39 is 0 Å². The van der Waals surface area contributed by atoms with Crippen LogP contribution in [0.15, 0.2) is 143 Å². The Morgan fingerprint density at radius 2 is 1.23 bits per heavy atom. The van der Waals surface area contributed by atoms with Crippen LogP contribution in [-0.4, -0.2) is 23.6 Å². The summed E-state index contributed by atoms with van der Waals surface area (Å²) in [5, 5.41) is 9.29. The zero-order valence-electron chi connectivity index (χ0n) is 21.6. The highest BCUT2D eigenvalue weighted by Crippen LogP contribution is 2.36. The third-order valence-electron chi connectivity index (χ3n) is 6.98. The Hall–Kier alpha value is -5.27. The Kier molecular flexibility index (Phi) is 6.55. The van der Waals surface area contributed by atoms with Crippen LogP contribution in [0.5, 0.6) is 0 Å². The number of amidine groups is 2. The van der Waals surface area contributed by atoms with E-state index in [0.29, 0.717) is 5.56 Å². The minimum atomic E-state index is -0.254. The van der Waals surface area contributed by atoms with Crippen molar-refractivity contribution in [2.24, 2.45) is 9.98 Å². The van der Waals surface area contributed by atoms with Crippen molar-refractivity contribution in [3.05, 3.63) is 156 Å². The van der Waals surface area contributed by atoms with Gasteiger partial charge in [-0.05, 0) is 34.4 Å². The van der Waals surface area contributed by atoms with E-state index in [4.69, 9.17) is 9.98 Å². The van der Waals surface area contributed by atoms with Crippen molar-refractivity contribution >= 4 is 11.7 Å². The molecular formula is C35H26N4. The third-order valence-corrected chi connectivity index (χ3v) is 6.98. The molecule has 0 aliphatic carbocycles. The predicted octanol–water partition coefficient (Wildman–Crippen LogP) is 7.73. The SMILES string of the molecule is CN1C(c2ccccc2)=NC(c2ccccc2)=NC1c1ccccc1-c1ccc(-c2cccc(C#N)c2)cc1. The number of rotatable bonds is 5. The molecule has 0 N–H and O–H groups in total. The fraction of sp³-hybridized carbons (Fsp3) is 0.0571. The van der Waals surface area contributed by atoms with Gasteiger partial charge in [0.15, 0.2) is 12.0 Å². The van der Waals surface area contributed by atoms with E-state index in [1.165, 1.54) is 0 Å². The van der Waals surface area contributed by atoms with E-state index in [0.717, 1.165) is 50.6 Å². The zero-order chi connectivity index (χ0) is 26.6. The first-order chi connectivity index (χ1) is 19.2. The van der Waals surface area contributed by atoms with Crippen LogP contribution in [0.1, 0.15) is 28.4 Å². The van der Waals surface area contributed by atoms with Crippen molar-refractivity contribution in [1.29, 1.82) is 5.26 Å². The molecule has 5 aromatic carbocycles. The normalized spacial score (nSPS) is 14.8. The van der Waals surface area contributed by atoms with E-state index in [9.17, 15) is 5.26 Å². The first kappa shape index (κ1) is 24.1. The first-order valence-corrected chi connectivity index (χ1v) is 12.9. The third kappa shape index (κ3) is 4.86. The van der Waals surface area contributed by atoms with Crippen LogP contribution < -0.4 is 0 Å². The molecule has 0 saturated carbocycles. The number of nitrogens with zero attached hydrogens (tertiary/aromatic N) is 4. The molecule has 0 spiro atoms. The molecule has 0 amide bonds. The highest BCUT2D eigenvalue weighted by Gasteiger charge is 2.28. The summed E-state index contributed by atoms with van der Waals surface area (Å²) in [7, 11) is 2.06. The minimum absolute atomic E-state index is 0.254. The van der Waals surface area contributed by atoms with E-state index in [2.05, 4.69) is 90.8 Å². The summed E-state index contributed by atoms with van der Waals surface area (Å²) < 4.78 is 0. The molecule has 1 unspecified atom stereocenters. The lowest BCUT2D eigenvalue weighted by Gasteiger charge is -2.33. The molecule has 1 aliphatic rings. The lowest BCUT2D eigenvalue weighted by Crippen LogP contribution is -2.35. The van der Waals surface area contributed by atoms with Gasteiger partial charge in [0.1, 0.15) is 5.84 Å². The van der Waals surface area contributed by atoms with Crippen LogP contribution in [0.25, 0.3) is 22.3 Å². The number of nitriles is 1. The van der Waals surface area contributed by atoms with Gasteiger partial charge in [-0.15, -0.1) is 0 Å². The average molecular weight is 503 g/mol. The summed E-state index contributed by atoms with van der Waals surface area (Å²) in [5.41, 5.74) is 8.14. The second-order valence-corrected chi connectivity index (χ2v) is 9.46. The monoisotopic (exact) mass is 502 g/mol. The van der Waals surface area contributed by atoms with Crippen LogP contribution in [0, 0.1) is 11.3 Å². The number of hydrogen-bond donors (Lipinski definition) is 0. The Morgan fingerprint density at radius 1 is 0.615 bits per heavy atom. The molecule has 39 heavy (non-hydrogen) atoms. The van der Waals surface area contributed by atoms with Crippen molar-refractivity contribution in [2.75, 3.05) is 7.05 Å². The lowest BCUT2D eigenvalue weighted by atomic mass is 9.94. The van der Waals surface area contributed by atoms with E-state index >= 15 is 0 Å². The minimum Gasteiger partial charge on any atom is -0.333 e. The quantitative estimate of drug-likeness (QED) is 0.247. The van der Waals surface area contributed by atoms with Gasteiger partial charge in [-0.25, -0.2) is 9.98 Å². The van der Waals surface area contributed by atoms with Crippen molar-refractivity contribution in [3.63, 3.8) is 0 Å². The van der Waals surface area contributed by atoms with E-state index in [-0.39, 0.29) is 6.17 Å². The van der Waals surface area contributed by atoms with Gasteiger partial charge in [-0.3, -0.25) is 0 Å². The second kappa shape index (κ2) is 10.6. The smallest absolute Gasteiger partial charge is 0.159 e. The van der Waals surface area contributed by atoms with E-state index in [1.54, 1.807) is 0 Å². The standard InChI is InChI=1S/C35H26N4/c1-39-34(29-14-6-3-7-15-29)37-33(28-12-4-2-5-13-28)38-35(39)32-18-9-8-17-31(32)27-21-19-26(20-22-27)30-16-10-11-25(23-30)24-36/h2-23,35H,1H3. The lowest BCUT2D eigenvalue weighted by molar-refractivity contribution is 0.383. The summed E-state index contributed by atoms with van der Waals surface area (Å²) >= 11 is 0. The molecule has 0 radical (unpaired) electrons. The molecule has 4 heteroatoms. The largest absolute Gasteiger partial charge is 0.333 e. The second-order valence-electron chi connectivity index (χ2n) is 9.46. The maximum atomic E-state index is 9.29. The average Bonchev–Trinajstić information content (AvgIpc) is 3.02. The Morgan fingerprint density at radius 3 is 1.95 bits per heavy atom. The highest BCUT2D eigenvalue weighted by molar-refractivity contribution is 6.13. The summed E-state index contributed by atoms with van der Waals surface area (Å²) in [4.78, 5) is 12.3. The summed E-state index contributed by atoms with van der Waals surface area (Å²) in [6, 6.07) is 47.3. The van der Waals surface area contributed by atoms with Crippen molar-refractivity contribution in [1.82, 2.24) is 4.90 Å². The van der Waals surface area contributed by atoms with Gasteiger partial charge in [-0.1, -0.05) is 121 Å². The number of aliphatic imine (C=N–C) groups is 2. The van der Waals surface area contributed by atoms with Crippen LogP contribution in [-0.2, 0) is 0 Å². The molecule has 0 fully saturated rings. The van der Waals surface area contributed by atoms with Crippen LogP contribution in [0.4, 0.5) is 0 Å². The van der Waals surface area contributed by atoms with Crippen molar-refractivity contribution in [3.8, 4) is 28.3 Å². The maximum Gasteiger partial charge on any atom is 0.159 e. The van der Waals surface area contributed by atoms with Gasteiger partial charge in [0.25, 0.3) is 0 Å². The molecule has 6 rings (SSSR count). The zero-order valence-corrected chi connectivity index (χ0v) is 21.6. The van der Waals surface area contributed by atoms with Crippen LogP contribution in [0.3, 0.4) is 0 Å². The van der Waals surface area contributed by atoms with Gasteiger partial charge in [-0.2, -0.15) is 5.26 Å². The molecule has 0 bridgehead atoms. The molecule has 5 aromatic rings. The highest BCUT2D eigenvalue weighted by atomic mass is 15.3. The van der Waals surface area contributed by atoms with Gasteiger partial charge >= 0.3 is 0 Å². The molecule has 1 atom stereocenters. The van der Waals surface area contributed by atoms with Crippen molar-refractivity contribution < 1.29 is 0 Å². The summed E-state index contributed by atoms with van der Waals surface area (Å²) in [6.07, 6.45) is -0.254. The molecule has 0 saturated heterocycles. The maximum absolute atomic E-state index is 9.29. The molecule has 1 heterocycles. The van der Waals surface area contributed by atoms with Gasteiger partial charge < -0.3 is 4.90 Å². The van der Waals surface area contributed by atoms with Gasteiger partial charge in [0.05, 0.1) is 11.6 Å². The van der Waals surface area contributed by atoms with Gasteiger partial charge in [0, 0.05) is 23.7 Å². The molecular weight excluding hydrogens is 476 g/mol. The fourth-order valence-corrected chi connectivity index (χ4v) is 4.98. The Balaban J connectivity index is 1.42. The Labute approximate surface area is 228 Å². The van der Waals surface area contributed by atoms with E-state index in [1.807, 2.05) is 60.7 Å². The fourth-order valence-electron chi connectivity index (χ4n) is 4.98. The topological polar surface area (TPSA) is 51.8 Å². The van der Waals surface area contributed by atoms with Crippen LogP contribution in [0.2, 0.25) is 0 Å². The molecule has 4 nitrogen and oxygen atoms in total.